The van der Waals surface area contributed by atoms with Gasteiger partial charge >= 0.3 is 0 Å². The van der Waals surface area contributed by atoms with Crippen LogP contribution in [0.3, 0.4) is 0 Å². The number of sulfonamides is 1. The fourth-order valence-electron chi connectivity index (χ4n) is 1.25. The second kappa shape index (κ2) is 5.81. The molecule has 3 nitrogen and oxygen atoms in total. The highest BCUT2D eigenvalue weighted by Gasteiger charge is 2.14. The number of hydrogen-bond donors (Lipinski definition) is 0. The van der Waals surface area contributed by atoms with Gasteiger partial charge < -0.3 is 0 Å². The highest BCUT2D eigenvalue weighted by atomic mass is 35.5. The van der Waals surface area contributed by atoms with Crippen molar-refractivity contribution in [2.24, 2.45) is 4.40 Å². The predicted molar refractivity (Wildman–Crippen MR) is 80.6 cm³/mol. The molecular formula is C11H6Cl3NO2S2. The molecule has 0 fully saturated rings. The first kappa shape index (κ1) is 14.8. The zero-order valence-electron chi connectivity index (χ0n) is 9.18. The molecule has 0 aliphatic heterocycles. The maximum absolute atomic E-state index is 11.9. The summed E-state index contributed by atoms with van der Waals surface area (Å²) in [5.41, 5.74) is 0.274. The van der Waals surface area contributed by atoms with E-state index >= 15 is 0 Å². The Morgan fingerprint density at radius 3 is 2.42 bits per heavy atom. The van der Waals surface area contributed by atoms with E-state index in [1.165, 1.54) is 18.2 Å². The van der Waals surface area contributed by atoms with Crippen molar-refractivity contribution in [2.45, 2.75) is 4.21 Å². The molecule has 0 unspecified atom stereocenters. The van der Waals surface area contributed by atoms with Gasteiger partial charge in [0.2, 0.25) is 0 Å². The monoisotopic (exact) mass is 353 g/mol. The molecule has 0 N–H and O–H groups in total. The van der Waals surface area contributed by atoms with Crippen molar-refractivity contribution in [3.8, 4) is 0 Å². The Labute approximate surface area is 129 Å². The molecule has 0 radical (unpaired) electrons. The van der Waals surface area contributed by atoms with Gasteiger partial charge in [-0.15, -0.1) is 11.3 Å². The number of thiophene rings is 1. The first-order valence-electron chi connectivity index (χ1n) is 4.89. The Morgan fingerprint density at radius 1 is 1.11 bits per heavy atom. The van der Waals surface area contributed by atoms with Gasteiger partial charge in [0.15, 0.2) is 0 Å². The SMILES string of the molecule is O=S(=O)(/N=C\c1c(Cl)ccc(Cl)c1Cl)c1cccs1. The number of hydrogen-bond acceptors (Lipinski definition) is 3. The molecule has 0 saturated heterocycles. The Kier molecular flexibility index (Phi) is 4.53. The summed E-state index contributed by atoms with van der Waals surface area (Å²) < 4.78 is 27.4. The lowest BCUT2D eigenvalue weighted by atomic mass is 10.2. The van der Waals surface area contributed by atoms with Gasteiger partial charge in [0.05, 0.1) is 21.3 Å². The van der Waals surface area contributed by atoms with Gasteiger partial charge in [-0.2, -0.15) is 12.8 Å². The fraction of sp³-hybridized carbons (Fsp3) is 0. The van der Waals surface area contributed by atoms with Gasteiger partial charge in [0.25, 0.3) is 10.0 Å². The van der Waals surface area contributed by atoms with E-state index in [4.69, 9.17) is 34.8 Å². The molecule has 1 aromatic heterocycles. The van der Waals surface area contributed by atoms with Crippen LogP contribution in [0.1, 0.15) is 5.56 Å². The van der Waals surface area contributed by atoms with Crippen molar-refractivity contribution in [3.63, 3.8) is 0 Å². The molecule has 8 heteroatoms. The topological polar surface area (TPSA) is 46.5 Å². The minimum atomic E-state index is -3.73. The van der Waals surface area contributed by atoms with Crippen LogP contribution in [0, 0.1) is 0 Å². The van der Waals surface area contributed by atoms with E-state index in [1.54, 1.807) is 11.4 Å². The third-order valence-electron chi connectivity index (χ3n) is 2.15. The lowest BCUT2D eigenvalue weighted by Crippen LogP contribution is -1.96. The van der Waals surface area contributed by atoms with E-state index in [2.05, 4.69) is 4.40 Å². The first-order chi connectivity index (χ1) is 8.92. The molecular weight excluding hydrogens is 349 g/mol. The van der Waals surface area contributed by atoms with Gasteiger partial charge in [-0.1, -0.05) is 40.9 Å². The molecule has 100 valence electrons. The van der Waals surface area contributed by atoms with Crippen molar-refractivity contribution in [3.05, 3.63) is 50.3 Å². The van der Waals surface area contributed by atoms with E-state index < -0.39 is 10.0 Å². The standard InChI is InChI=1S/C11H6Cl3NO2S2/c12-8-3-4-9(13)11(14)7(8)6-15-19(16,17)10-2-1-5-18-10/h1-6H/b15-6-. The van der Waals surface area contributed by atoms with Crippen molar-refractivity contribution in [1.29, 1.82) is 0 Å². The van der Waals surface area contributed by atoms with Gasteiger partial charge in [-0.3, -0.25) is 0 Å². The Bertz CT molecular complexity index is 725. The second-order valence-corrected chi connectivity index (χ2v) is 7.40. The lowest BCUT2D eigenvalue weighted by Gasteiger charge is -2.02. The summed E-state index contributed by atoms with van der Waals surface area (Å²) >= 11 is 18.8. The molecule has 2 rings (SSSR count). The van der Waals surface area contributed by atoms with Crippen LogP contribution in [0.25, 0.3) is 0 Å². The van der Waals surface area contributed by atoms with Crippen LogP contribution in [-0.2, 0) is 10.0 Å². The Hall–Kier alpha value is -0.590. The summed E-state index contributed by atoms with van der Waals surface area (Å²) in [6, 6.07) is 6.15. The van der Waals surface area contributed by atoms with Crippen LogP contribution < -0.4 is 0 Å². The third kappa shape index (κ3) is 3.30. The molecule has 0 aliphatic carbocycles. The Balaban J connectivity index is 2.42. The molecule has 2 aromatic rings. The summed E-state index contributed by atoms with van der Waals surface area (Å²) in [5.74, 6) is 0. The fourth-order valence-corrected chi connectivity index (χ4v) is 3.71. The zero-order valence-corrected chi connectivity index (χ0v) is 13.1. The van der Waals surface area contributed by atoms with Crippen LogP contribution in [0.2, 0.25) is 15.1 Å². The summed E-state index contributed by atoms with van der Waals surface area (Å²) in [7, 11) is -3.73. The van der Waals surface area contributed by atoms with E-state index in [9.17, 15) is 8.42 Å². The number of nitrogens with zero attached hydrogens (tertiary/aromatic N) is 1. The van der Waals surface area contributed by atoms with E-state index in [0.29, 0.717) is 0 Å². The summed E-state index contributed by atoms with van der Waals surface area (Å²) in [5, 5.41) is 2.38. The van der Waals surface area contributed by atoms with Gasteiger partial charge in [-0.05, 0) is 23.6 Å². The summed E-state index contributed by atoms with van der Waals surface area (Å²) in [6.07, 6.45) is 1.10. The molecule has 0 aliphatic rings. The molecule has 1 heterocycles. The van der Waals surface area contributed by atoms with Crippen LogP contribution >= 0.6 is 46.1 Å². The average Bonchev–Trinajstić information content (AvgIpc) is 2.88. The first-order valence-corrected chi connectivity index (χ1v) is 8.34. The van der Waals surface area contributed by atoms with Gasteiger partial charge in [-0.25, -0.2) is 0 Å². The molecule has 0 amide bonds. The van der Waals surface area contributed by atoms with E-state index in [-0.39, 0.29) is 24.8 Å². The highest BCUT2D eigenvalue weighted by Crippen LogP contribution is 2.30. The van der Waals surface area contributed by atoms with Crippen LogP contribution in [0.5, 0.6) is 0 Å². The highest BCUT2D eigenvalue weighted by molar-refractivity contribution is 7.92. The predicted octanol–water partition coefficient (Wildman–Crippen LogP) is 4.52. The van der Waals surface area contributed by atoms with Crippen molar-refractivity contribution >= 4 is 62.4 Å². The van der Waals surface area contributed by atoms with Gasteiger partial charge in [0, 0.05) is 5.56 Å². The smallest absolute Gasteiger partial charge is 0.198 e. The van der Waals surface area contributed by atoms with Crippen LogP contribution in [0.15, 0.2) is 38.3 Å². The molecule has 0 spiro atoms. The number of halogens is 3. The normalized spacial score (nSPS) is 12.2. The van der Waals surface area contributed by atoms with Crippen molar-refractivity contribution in [1.82, 2.24) is 0 Å². The minimum Gasteiger partial charge on any atom is -0.198 e. The largest absolute Gasteiger partial charge is 0.291 e. The Morgan fingerprint density at radius 2 is 1.79 bits per heavy atom. The van der Waals surface area contributed by atoms with E-state index in [1.807, 2.05) is 0 Å². The lowest BCUT2D eigenvalue weighted by molar-refractivity contribution is 0.600. The number of rotatable bonds is 3. The maximum atomic E-state index is 11.9. The number of benzene rings is 1. The van der Waals surface area contributed by atoms with E-state index in [0.717, 1.165) is 17.6 Å². The van der Waals surface area contributed by atoms with Crippen molar-refractivity contribution < 1.29 is 8.42 Å². The molecule has 1 aromatic carbocycles. The molecule has 0 bridgehead atoms. The summed E-state index contributed by atoms with van der Waals surface area (Å²) in [6.45, 7) is 0. The van der Waals surface area contributed by atoms with Gasteiger partial charge in [0.1, 0.15) is 4.21 Å². The average molecular weight is 355 g/mol. The molecule has 19 heavy (non-hydrogen) atoms. The second-order valence-electron chi connectivity index (χ2n) is 3.40. The van der Waals surface area contributed by atoms with Crippen LogP contribution in [-0.4, -0.2) is 14.6 Å². The molecule has 0 atom stereocenters. The van der Waals surface area contributed by atoms with Crippen LogP contribution in [0.4, 0.5) is 0 Å². The van der Waals surface area contributed by atoms with Crippen molar-refractivity contribution in [2.75, 3.05) is 0 Å². The maximum Gasteiger partial charge on any atom is 0.291 e. The third-order valence-corrected chi connectivity index (χ3v) is 5.91. The quantitative estimate of drug-likeness (QED) is 0.601. The zero-order chi connectivity index (χ0) is 14.0. The minimum absolute atomic E-state index is 0.151. The summed E-state index contributed by atoms with van der Waals surface area (Å²) in [4.78, 5) is 0. The molecule has 0 saturated carbocycles.